The van der Waals surface area contributed by atoms with E-state index < -0.39 is 17.5 Å². The van der Waals surface area contributed by atoms with Gasteiger partial charge >= 0.3 is 0 Å². The van der Waals surface area contributed by atoms with Crippen LogP contribution in [0.15, 0.2) is 28.8 Å². The van der Waals surface area contributed by atoms with Crippen molar-refractivity contribution in [1.29, 1.82) is 0 Å². The van der Waals surface area contributed by atoms with Crippen LogP contribution in [0.1, 0.15) is 10.5 Å². The Labute approximate surface area is 95.2 Å². The minimum atomic E-state index is -0.986. The SMILES string of the molecule is CNC(=O)c1cc(-c2ccc(F)c(F)c2)on1. The van der Waals surface area contributed by atoms with Crippen LogP contribution < -0.4 is 5.32 Å². The Hall–Kier alpha value is -2.24. The van der Waals surface area contributed by atoms with E-state index in [0.717, 1.165) is 12.1 Å². The van der Waals surface area contributed by atoms with Crippen LogP contribution in [0.25, 0.3) is 11.3 Å². The van der Waals surface area contributed by atoms with E-state index in [2.05, 4.69) is 10.5 Å². The lowest BCUT2D eigenvalue weighted by Crippen LogP contribution is -2.17. The normalized spacial score (nSPS) is 10.3. The molecule has 4 nitrogen and oxygen atoms in total. The van der Waals surface area contributed by atoms with Crippen molar-refractivity contribution in [2.75, 3.05) is 7.05 Å². The average molecular weight is 238 g/mol. The van der Waals surface area contributed by atoms with Crippen molar-refractivity contribution in [1.82, 2.24) is 10.5 Å². The first kappa shape index (κ1) is 11.3. The zero-order chi connectivity index (χ0) is 12.4. The average Bonchev–Trinajstić information content (AvgIpc) is 2.81. The number of aromatic nitrogens is 1. The van der Waals surface area contributed by atoms with Gasteiger partial charge in [-0.15, -0.1) is 0 Å². The molecule has 88 valence electrons. The molecule has 6 heteroatoms. The van der Waals surface area contributed by atoms with Gasteiger partial charge in [-0.3, -0.25) is 4.79 Å². The molecule has 17 heavy (non-hydrogen) atoms. The Kier molecular flexibility index (Phi) is 2.86. The topological polar surface area (TPSA) is 55.1 Å². The van der Waals surface area contributed by atoms with Crippen LogP contribution in [-0.4, -0.2) is 18.1 Å². The summed E-state index contributed by atoms with van der Waals surface area (Å²) in [6.45, 7) is 0. The van der Waals surface area contributed by atoms with Crippen LogP contribution in [0.2, 0.25) is 0 Å². The predicted molar refractivity (Wildman–Crippen MR) is 55.2 cm³/mol. The smallest absolute Gasteiger partial charge is 0.273 e. The fraction of sp³-hybridized carbons (Fsp3) is 0.0909. The van der Waals surface area contributed by atoms with Crippen LogP contribution >= 0.6 is 0 Å². The van der Waals surface area contributed by atoms with Crippen LogP contribution in [0.3, 0.4) is 0 Å². The monoisotopic (exact) mass is 238 g/mol. The quantitative estimate of drug-likeness (QED) is 0.870. The van der Waals surface area contributed by atoms with Gasteiger partial charge in [-0.1, -0.05) is 5.16 Å². The van der Waals surface area contributed by atoms with Gasteiger partial charge in [0.1, 0.15) is 0 Å². The van der Waals surface area contributed by atoms with Crippen molar-refractivity contribution in [2.45, 2.75) is 0 Å². The van der Waals surface area contributed by atoms with E-state index >= 15 is 0 Å². The van der Waals surface area contributed by atoms with Crippen LogP contribution in [0.5, 0.6) is 0 Å². The maximum absolute atomic E-state index is 13.0. The van der Waals surface area contributed by atoms with E-state index in [1.165, 1.54) is 19.2 Å². The number of hydrogen-bond acceptors (Lipinski definition) is 3. The minimum absolute atomic E-state index is 0.0761. The highest BCUT2D eigenvalue weighted by Gasteiger charge is 2.13. The molecular weight excluding hydrogens is 230 g/mol. The summed E-state index contributed by atoms with van der Waals surface area (Å²) in [6.07, 6.45) is 0. The number of nitrogens with one attached hydrogen (secondary N) is 1. The van der Waals surface area contributed by atoms with Gasteiger partial charge < -0.3 is 9.84 Å². The van der Waals surface area contributed by atoms with E-state index in [-0.39, 0.29) is 11.5 Å². The van der Waals surface area contributed by atoms with Crippen molar-refractivity contribution >= 4 is 5.91 Å². The van der Waals surface area contributed by atoms with E-state index in [4.69, 9.17) is 4.52 Å². The lowest BCUT2D eigenvalue weighted by Gasteiger charge is -1.96. The molecule has 1 aromatic heterocycles. The predicted octanol–water partition coefficient (Wildman–Crippen LogP) is 1.98. The summed E-state index contributed by atoms with van der Waals surface area (Å²) in [5.41, 5.74) is 0.388. The van der Waals surface area contributed by atoms with Crippen molar-refractivity contribution in [2.24, 2.45) is 0 Å². The summed E-state index contributed by atoms with van der Waals surface area (Å²) in [5.74, 6) is -2.15. The Morgan fingerprint density at radius 2 is 2.06 bits per heavy atom. The number of carbonyl (C=O) groups is 1. The molecule has 0 spiro atoms. The third kappa shape index (κ3) is 2.15. The third-order valence-corrected chi connectivity index (χ3v) is 2.17. The summed E-state index contributed by atoms with van der Waals surface area (Å²) < 4.78 is 30.6. The number of benzene rings is 1. The maximum atomic E-state index is 13.0. The fourth-order valence-corrected chi connectivity index (χ4v) is 1.30. The molecule has 0 unspecified atom stereocenters. The molecular formula is C11H8F2N2O2. The molecule has 0 aliphatic heterocycles. The summed E-state index contributed by atoms with van der Waals surface area (Å²) >= 11 is 0. The summed E-state index contributed by atoms with van der Waals surface area (Å²) in [6, 6.07) is 4.65. The first-order chi connectivity index (χ1) is 8.11. The lowest BCUT2D eigenvalue weighted by atomic mass is 10.1. The fourth-order valence-electron chi connectivity index (χ4n) is 1.30. The molecule has 2 rings (SSSR count). The highest BCUT2D eigenvalue weighted by atomic mass is 19.2. The number of amides is 1. The van der Waals surface area contributed by atoms with Gasteiger partial charge in [0.15, 0.2) is 23.1 Å². The molecule has 0 fully saturated rings. The molecule has 2 aromatic rings. The Morgan fingerprint density at radius 3 is 2.71 bits per heavy atom. The van der Waals surface area contributed by atoms with Crippen molar-refractivity contribution in [3.8, 4) is 11.3 Å². The Morgan fingerprint density at radius 1 is 1.29 bits per heavy atom. The number of halogens is 2. The lowest BCUT2D eigenvalue weighted by molar-refractivity contribution is 0.0954. The Bertz CT molecular complexity index is 566. The molecule has 0 aliphatic carbocycles. The third-order valence-electron chi connectivity index (χ3n) is 2.17. The van der Waals surface area contributed by atoms with Crippen molar-refractivity contribution in [3.05, 3.63) is 41.6 Å². The molecule has 0 atom stereocenters. The minimum Gasteiger partial charge on any atom is -0.355 e. The Balaban J connectivity index is 2.37. The number of rotatable bonds is 2. The van der Waals surface area contributed by atoms with Crippen LogP contribution in [0, 0.1) is 11.6 Å². The van der Waals surface area contributed by atoms with E-state index in [9.17, 15) is 13.6 Å². The standard InChI is InChI=1S/C11H8F2N2O2/c1-14-11(16)9-5-10(17-15-9)6-2-3-7(12)8(13)4-6/h2-5H,1H3,(H,14,16). The second kappa shape index (κ2) is 4.32. The largest absolute Gasteiger partial charge is 0.355 e. The van der Waals surface area contributed by atoms with Crippen molar-refractivity contribution in [3.63, 3.8) is 0 Å². The number of hydrogen-bond donors (Lipinski definition) is 1. The molecule has 0 saturated carbocycles. The second-order valence-electron chi connectivity index (χ2n) is 3.28. The van der Waals surface area contributed by atoms with Crippen LogP contribution in [0.4, 0.5) is 8.78 Å². The molecule has 0 radical (unpaired) electrons. The van der Waals surface area contributed by atoms with Gasteiger partial charge in [0, 0.05) is 18.7 Å². The van der Waals surface area contributed by atoms with E-state index in [1.807, 2.05) is 0 Å². The van der Waals surface area contributed by atoms with Gasteiger partial charge in [0.2, 0.25) is 0 Å². The van der Waals surface area contributed by atoms with Crippen LogP contribution in [-0.2, 0) is 0 Å². The molecule has 0 bridgehead atoms. The molecule has 1 heterocycles. The first-order valence-corrected chi connectivity index (χ1v) is 4.76. The highest BCUT2D eigenvalue weighted by molar-refractivity contribution is 5.92. The zero-order valence-corrected chi connectivity index (χ0v) is 8.83. The van der Waals surface area contributed by atoms with E-state index in [1.54, 1.807) is 0 Å². The molecule has 0 saturated heterocycles. The zero-order valence-electron chi connectivity index (χ0n) is 8.83. The van der Waals surface area contributed by atoms with Crippen molar-refractivity contribution < 1.29 is 18.1 Å². The molecule has 1 amide bonds. The van der Waals surface area contributed by atoms with Gasteiger partial charge in [0.25, 0.3) is 5.91 Å². The second-order valence-corrected chi connectivity index (χ2v) is 3.28. The van der Waals surface area contributed by atoms with Gasteiger partial charge in [-0.25, -0.2) is 8.78 Å². The summed E-state index contributed by atoms with van der Waals surface area (Å²) in [5, 5.41) is 5.88. The van der Waals surface area contributed by atoms with E-state index in [0.29, 0.717) is 5.56 Å². The van der Waals surface area contributed by atoms with Gasteiger partial charge in [-0.2, -0.15) is 0 Å². The molecule has 0 aliphatic rings. The summed E-state index contributed by atoms with van der Waals surface area (Å²) in [4.78, 5) is 11.2. The first-order valence-electron chi connectivity index (χ1n) is 4.76. The van der Waals surface area contributed by atoms with Gasteiger partial charge in [-0.05, 0) is 18.2 Å². The summed E-state index contributed by atoms with van der Waals surface area (Å²) in [7, 11) is 1.45. The number of carbonyl (C=O) groups excluding carboxylic acids is 1. The number of nitrogens with zero attached hydrogens (tertiary/aromatic N) is 1. The molecule has 1 aromatic carbocycles. The van der Waals surface area contributed by atoms with Gasteiger partial charge in [0.05, 0.1) is 0 Å². The highest BCUT2D eigenvalue weighted by Crippen LogP contribution is 2.22. The molecule has 1 N–H and O–H groups in total. The maximum Gasteiger partial charge on any atom is 0.273 e.